The fraction of sp³-hybridized carbons (Fsp3) is 0.471. The Morgan fingerprint density at radius 2 is 2.18 bits per heavy atom. The van der Waals surface area contributed by atoms with Gasteiger partial charge in [0.1, 0.15) is 0 Å². The molecule has 1 aliphatic rings. The second-order valence-electron chi connectivity index (χ2n) is 5.90. The first-order valence-corrected chi connectivity index (χ1v) is 7.96. The normalized spacial score (nSPS) is 18.1. The van der Waals surface area contributed by atoms with E-state index >= 15 is 0 Å². The van der Waals surface area contributed by atoms with Crippen LogP contribution in [0.1, 0.15) is 18.5 Å². The van der Waals surface area contributed by atoms with Crippen LogP contribution >= 0.6 is 0 Å². The summed E-state index contributed by atoms with van der Waals surface area (Å²) in [5, 5.41) is 8.26. The van der Waals surface area contributed by atoms with Crippen LogP contribution in [-0.2, 0) is 6.42 Å². The summed E-state index contributed by atoms with van der Waals surface area (Å²) in [5.41, 5.74) is 1.16. The van der Waals surface area contributed by atoms with Crippen LogP contribution in [0.4, 0.5) is 5.82 Å². The van der Waals surface area contributed by atoms with Crippen LogP contribution < -0.4 is 4.90 Å². The molecule has 0 radical (unpaired) electrons. The van der Waals surface area contributed by atoms with Gasteiger partial charge in [0.15, 0.2) is 5.82 Å². The lowest BCUT2D eigenvalue weighted by molar-refractivity contribution is 0.312. The second kappa shape index (κ2) is 7.31. The summed E-state index contributed by atoms with van der Waals surface area (Å²) in [6.07, 6.45) is 7.05. The third-order valence-corrected chi connectivity index (χ3v) is 4.23. The number of nitrogens with zero attached hydrogens (tertiary/aromatic N) is 5. The van der Waals surface area contributed by atoms with Crippen molar-refractivity contribution in [2.24, 2.45) is 0 Å². The summed E-state index contributed by atoms with van der Waals surface area (Å²) in [7, 11) is 2.19. The van der Waals surface area contributed by atoms with Gasteiger partial charge >= 0.3 is 0 Å². The predicted molar refractivity (Wildman–Crippen MR) is 87.8 cm³/mol. The van der Waals surface area contributed by atoms with Crippen molar-refractivity contribution < 1.29 is 0 Å². The minimum Gasteiger partial charge on any atom is -0.351 e. The van der Waals surface area contributed by atoms with Crippen molar-refractivity contribution in [3.8, 4) is 0 Å². The van der Waals surface area contributed by atoms with Crippen LogP contribution in [0.25, 0.3) is 0 Å². The molecule has 0 spiro atoms. The lowest BCUT2D eigenvalue weighted by atomic mass is 10.2. The van der Waals surface area contributed by atoms with Crippen molar-refractivity contribution in [3.63, 3.8) is 0 Å². The number of hydrogen-bond donors (Lipinski definition) is 0. The zero-order valence-corrected chi connectivity index (χ0v) is 13.1. The van der Waals surface area contributed by atoms with Gasteiger partial charge in [-0.2, -0.15) is 5.10 Å². The maximum Gasteiger partial charge on any atom is 0.151 e. The van der Waals surface area contributed by atoms with Gasteiger partial charge in [-0.05, 0) is 44.2 Å². The number of likely N-dealkylation sites (N-methyl/N-ethyl adjacent to an activating group) is 1. The van der Waals surface area contributed by atoms with E-state index in [0.29, 0.717) is 6.04 Å². The molecule has 3 rings (SSSR count). The molecule has 0 aromatic carbocycles. The Kier molecular flexibility index (Phi) is 4.96. The highest BCUT2D eigenvalue weighted by atomic mass is 15.3. The Balaban J connectivity index is 1.53. The molecular formula is C17H23N5. The first-order valence-electron chi connectivity index (χ1n) is 7.96. The molecule has 0 amide bonds. The van der Waals surface area contributed by atoms with Crippen molar-refractivity contribution in [1.82, 2.24) is 20.1 Å². The predicted octanol–water partition coefficient (Wildman–Crippen LogP) is 2.01. The van der Waals surface area contributed by atoms with E-state index in [1.807, 2.05) is 18.3 Å². The van der Waals surface area contributed by atoms with E-state index in [-0.39, 0.29) is 0 Å². The fourth-order valence-corrected chi connectivity index (χ4v) is 3.08. The minimum absolute atomic E-state index is 0.533. The summed E-state index contributed by atoms with van der Waals surface area (Å²) in [5.74, 6) is 1.00. The van der Waals surface area contributed by atoms with Gasteiger partial charge in [-0.3, -0.25) is 4.98 Å². The van der Waals surface area contributed by atoms with Crippen molar-refractivity contribution >= 4 is 5.82 Å². The topological polar surface area (TPSA) is 45.2 Å². The van der Waals surface area contributed by atoms with Gasteiger partial charge in [-0.15, -0.1) is 5.10 Å². The van der Waals surface area contributed by atoms with Gasteiger partial charge in [0.2, 0.25) is 0 Å². The minimum atomic E-state index is 0.533. The lowest BCUT2D eigenvalue weighted by Crippen LogP contribution is -2.40. The van der Waals surface area contributed by atoms with Gasteiger partial charge in [-0.1, -0.05) is 6.07 Å². The smallest absolute Gasteiger partial charge is 0.151 e. The van der Waals surface area contributed by atoms with Gasteiger partial charge in [0.05, 0.1) is 0 Å². The first-order chi connectivity index (χ1) is 10.8. The molecule has 116 valence electrons. The Bertz CT molecular complexity index is 560. The number of rotatable bonds is 6. The van der Waals surface area contributed by atoms with Crippen LogP contribution in [0.15, 0.2) is 42.7 Å². The molecule has 3 heterocycles. The van der Waals surface area contributed by atoms with Crippen LogP contribution in [0.3, 0.4) is 0 Å². The average molecular weight is 297 g/mol. The van der Waals surface area contributed by atoms with Crippen molar-refractivity contribution in [2.45, 2.75) is 25.3 Å². The zero-order chi connectivity index (χ0) is 15.2. The van der Waals surface area contributed by atoms with E-state index in [9.17, 15) is 0 Å². The van der Waals surface area contributed by atoms with Gasteiger partial charge < -0.3 is 9.80 Å². The summed E-state index contributed by atoms with van der Waals surface area (Å²) in [6.45, 7) is 3.17. The highest BCUT2D eigenvalue weighted by Crippen LogP contribution is 2.23. The second-order valence-corrected chi connectivity index (χ2v) is 5.90. The lowest BCUT2D eigenvalue weighted by Gasteiger charge is -2.29. The number of anilines is 1. The quantitative estimate of drug-likeness (QED) is 0.816. The van der Waals surface area contributed by atoms with Gasteiger partial charge in [0.25, 0.3) is 0 Å². The molecule has 0 unspecified atom stereocenters. The van der Waals surface area contributed by atoms with Crippen LogP contribution in [-0.4, -0.2) is 52.8 Å². The van der Waals surface area contributed by atoms with E-state index in [1.54, 1.807) is 6.20 Å². The third kappa shape index (κ3) is 3.80. The van der Waals surface area contributed by atoms with E-state index in [1.165, 1.54) is 12.8 Å². The van der Waals surface area contributed by atoms with E-state index in [2.05, 4.69) is 50.2 Å². The molecule has 1 aliphatic heterocycles. The van der Waals surface area contributed by atoms with E-state index < -0.39 is 0 Å². The Morgan fingerprint density at radius 3 is 2.95 bits per heavy atom. The molecule has 5 heteroatoms. The monoisotopic (exact) mass is 297 g/mol. The van der Waals surface area contributed by atoms with Crippen molar-refractivity contribution in [1.29, 1.82) is 0 Å². The van der Waals surface area contributed by atoms with Crippen LogP contribution in [0, 0.1) is 0 Å². The molecule has 0 aliphatic carbocycles. The molecule has 0 saturated carbocycles. The molecule has 0 N–H and O–H groups in total. The molecular weight excluding hydrogens is 274 g/mol. The van der Waals surface area contributed by atoms with Gasteiger partial charge in [-0.25, -0.2) is 0 Å². The zero-order valence-electron chi connectivity index (χ0n) is 13.1. The maximum atomic E-state index is 4.39. The number of aromatic nitrogens is 3. The molecule has 2 aromatic rings. The maximum absolute atomic E-state index is 4.39. The Morgan fingerprint density at radius 1 is 1.23 bits per heavy atom. The summed E-state index contributed by atoms with van der Waals surface area (Å²) >= 11 is 0. The molecule has 1 saturated heterocycles. The van der Waals surface area contributed by atoms with Crippen molar-refractivity contribution in [3.05, 3.63) is 48.4 Å². The molecule has 5 nitrogen and oxygen atoms in total. The Labute approximate surface area is 132 Å². The van der Waals surface area contributed by atoms with Crippen LogP contribution in [0.5, 0.6) is 0 Å². The summed E-state index contributed by atoms with van der Waals surface area (Å²) < 4.78 is 0. The molecule has 0 bridgehead atoms. The number of pyridine rings is 1. The van der Waals surface area contributed by atoms with Gasteiger partial charge in [0, 0.05) is 50.2 Å². The third-order valence-electron chi connectivity index (χ3n) is 4.23. The highest BCUT2D eigenvalue weighted by molar-refractivity contribution is 5.39. The van der Waals surface area contributed by atoms with Crippen LogP contribution in [0.2, 0.25) is 0 Å². The highest BCUT2D eigenvalue weighted by Gasteiger charge is 2.26. The standard InChI is InChI=1S/C17H23N5/c1-21(13-9-15-6-2-3-10-18-15)14-16-7-5-12-22(16)17-8-4-11-19-20-17/h2-4,6,8,10-11,16H,5,7,9,12-14H2,1H3/t16-/m0/s1. The van der Waals surface area contributed by atoms with E-state index in [0.717, 1.165) is 37.6 Å². The average Bonchev–Trinajstić information content (AvgIpc) is 3.03. The summed E-state index contributed by atoms with van der Waals surface area (Å²) in [4.78, 5) is 9.18. The summed E-state index contributed by atoms with van der Waals surface area (Å²) in [6, 6.07) is 10.7. The SMILES string of the molecule is CN(CCc1ccccn1)C[C@@H]1CCCN1c1cccnn1. The fourth-order valence-electron chi connectivity index (χ4n) is 3.08. The number of hydrogen-bond acceptors (Lipinski definition) is 5. The first kappa shape index (κ1) is 14.9. The Hall–Kier alpha value is -2.01. The van der Waals surface area contributed by atoms with E-state index in [4.69, 9.17) is 0 Å². The molecule has 2 aromatic heterocycles. The largest absolute Gasteiger partial charge is 0.351 e. The molecule has 22 heavy (non-hydrogen) atoms. The molecule has 1 fully saturated rings. The van der Waals surface area contributed by atoms with Crippen molar-refractivity contribution in [2.75, 3.05) is 31.6 Å². The molecule has 1 atom stereocenters.